The van der Waals surface area contributed by atoms with Crippen molar-refractivity contribution in [2.75, 3.05) is 6.61 Å². The van der Waals surface area contributed by atoms with Gasteiger partial charge in [0.2, 0.25) is 0 Å². The number of unbranched alkanes of at least 4 members (excludes halogenated alkanes) is 2. The van der Waals surface area contributed by atoms with Crippen LogP contribution in [0.15, 0.2) is 48.5 Å². The standard InChI is InChI=1S/C20H20O2/c1-2-3-6-15-22-20-13-10-17(11-14-20)9-12-18-7-4-5-8-19(18)16-21/h4-5,7-8,10-11,13-14,16H,2-3,6,15H2,1H3. The molecule has 2 heteroatoms. The highest BCUT2D eigenvalue weighted by Crippen LogP contribution is 2.13. The molecule has 0 heterocycles. The fourth-order valence-electron chi connectivity index (χ4n) is 2.03. The maximum atomic E-state index is 10.9. The Kier molecular flexibility index (Phi) is 6.26. The lowest BCUT2D eigenvalue weighted by Crippen LogP contribution is -1.96. The van der Waals surface area contributed by atoms with Crippen molar-refractivity contribution in [2.45, 2.75) is 26.2 Å². The third-order valence-corrected chi connectivity index (χ3v) is 3.30. The van der Waals surface area contributed by atoms with Crippen LogP contribution in [0.4, 0.5) is 0 Å². The van der Waals surface area contributed by atoms with Crippen LogP contribution in [0.25, 0.3) is 0 Å². The zero-order valence-electron chi connectivity index (χ0n) is 12.8. The first-order chi connectivity index (χ1) is 10.8. The van der Waals surface area contributed by atoms with E-state index >= 15 is 0 Å². The minimum Gasteiger partial charge on any atom is -0.494 e. The second-order valence-corrected chi connectivity index (χ2v) is 5.04. The Labute approximate surface area is 132 Å². The Morgan fingerprint density at radius 2 is 1.77 bits per heavy atom. The molecule has 0 unspecified atom stereocenters. The first kappa shape index (κ1) is 15.9. The van der Waals surface area contributed by atoms with Crippen LogP contribution in [0.5, 0.6) is 5.75 Å². The van der Waals surface area contributed by atoms with E-state index in [-0.39, 0.29) is 0 Å². The minimum atomic E-state index is 0.617. The van der Waals surface area contributed by atoms with Gasteiger partial charge in [0, 0.05) is 16.7 Å². The number of carbonyl (C=O) groups excluding carboxylic acids is 1. The predicted octanol–water partition coefficient (Wildman–Crippen LogP) is 4.47. The van der Waals surface area contributed by atoms with Gasteiger partial charge in [-0.3, -0.25) is 4.79 Å². The first-order valence-electron chi connectivity index (χ1n) is 7.62. The summed E-state index contributed by atoms with van der Waals surface area (Å²) in [5.41, 5.74) is 2.27. The fraction of sp³-hybridized carbons (Fsp3) is 0.250. The second kappa shape index (κ2) is 8.69. The van der Waals surface area contributed by atoms with Gasteiger partial charge in [0.1, 0.15) is 5.75 Å². The van der Waals surface area contributed by atoms with E-state index in [4.69, 9.17) is 4.74 Å². The van der Waals surface area contributed by atoms with Gasteiger partial charge in [-0.15, -0.1) is 0 Å². The number of benzene rings is 2. The third-order valence-electron chi connectivity index (χ3n) is 3.30. The van der Waals surface area contributed by atoms with E-state index in [9.17, 15) is 4.79 Å². The number of hydrogen-bond acceptors (Lipinski definition) is 2. The van der Waals surface area contributed by atoms with Gasteiger partial charge in [-0.2, -0.15) is 0 Å². The third kappa shape index (κ3) is 4.79. The maximum Gasteiger partial charge on any atom is 0.151 e. The molecule has 0 aliphatic carbocycles. The summed E-state index contributed by atoms with van der Waals surface area (Å²) < 4.78 is 5.67. The van der Waals surface area contributed by atoms with Crippen molar-refractivity contribution in [2.24, 2.45) is 0 Å². The largest absolute Gasteiger partial charge is 0.494 e. The molecule has 0 bridgehead atoms. The summed E-state index contributed by atoms with van der Waals surface area (Å²) in [6.45, 7) is 2.93. The van der Waals surface area contributed by atoms with E-state index < -0.39 is 0 Å². The molecule has 0 aliphatic rings. The zero-order valence-corrected chi connectivity index (χ0v) is 12.8. The Hall–Kier alpha value is -2.53. The van der Waals surface area contributed by atoms with Crippen LogP contribution >= 0.6 is 0 Å². The van der Waals surface area contributed by atoms with Gasteiger partial charge in [-0.1, -0.05) is 49.8 Å². The van der Waals surface area contributed by atoms with Crippen molar-refractivity contribution in [3.63, 3.8) is 0 Å². The lowest BCUT2D eigenvalue weighted by Gasteiger charge is -2.05. The summed E-state index contributed by atoms with van der Waals surface area (Å²) in [6, 6.07) is 15.1. The number of carbonyl (C=O) groups is 1. The van der Waals surface area contributed by atoms with E-state index in [1.165, 1.54) is 12.8 Å². The number of ether oxygens (including phenoxy) is 1. The lowest BCUT2D eigenvalue weighted by atomic mass is 10.1. The van der Waals surface area contributed by atoms with Crippen LogP contribution in [-0.2, 0) is 0 Å². The van der Waals surface area contributed by atoms with Gasteiger partial charge in [0.05, 0.1) is 6.61 Å². The Bertz CT molecular complexity index is 660. The molecule has 0 saturated carbocycles. The fourth-order valence-corrected chi connectivity index (χ4v) is 2.03. The molecule has 2 aromatic rings. The highest BCUT2D eigenvalue weighted by molar-refractivity contribution is 5.79. The summed E-state index contributed by atoms with van der Waals surface area (Å²) in [5.74, 6) is 6.98. The van der Waals surface area contributed by atoms with E-state index in [1.54, 1.807) is 6.07 Å². The van der Waals surface area contributed by atoms with Crippen LogP contribution in [-0.4, -0.2) is 12.9 Å². The van der Waals surface area contributed by atoms with Crippen LogP contribution in [0.1, 0.15) is 47.7 Å². The van der Waals surface area contributed by atoms with E-state index in [0.717, 1.165) is 36.2 Å². The van der Waals surface area contributed by atoms with Gasteiger partial charge in [-0.25, -0.2) is 0 Å². The molecule has 0 atom stereocenters. The van der Waals surface area contributed by atoms with Gasteiger partial charge in [0.15, 0.2) is 6.29 Å². The van der Waals surface area contributed by atoms with Crippen molar-refractivity contribution in [1.29, 1.82) is 0 Å². The molecule has 112 valence electrons. The molecule has 0 radical (unpaired) electrons. The summed E-state index contributed by atoms with van der Waals surface area (Å²) in [5, 5.41) is 0. The average molecular weight is 292 g/mol. The van der Waals surface area contributed by atoms with E-state index in [1.807, 2.05) is 42.5 Å². The van der Waals surface area contributed by atoms with E-state index in [0.29, 0.717) is 5.56 Å². The molecule has 2 aromatic carbocycles. The zero-order chi connectivity index (χ0) is 15.6. The summed E-state index contributed by atoms with van der Waals surface area (Å²) in [7, 11) is 0. The second-order valence-electron chi connectivity index (χ2n) is 5.04. The molecular weight excluding hydrogens is 272 g/mol. The summed E-state index contributed by atoms with van der Waals surface area (Å²) >= 11 is 0. The van der Waals surface area contributed by atoms with Crippen LogP contribution in [0.3, 0.4) is 0 Å². The Morgan fingerprint density at radius 1 is 1.00 bits per heavy atom. The maximum absolute atomic E-state index is 10.9. The molecule has 0 aromatic heterocycles. The molecule has 0 N–H and O–H groups in total. The van der Waals surface area contributed by atoms with Crippen molar-refractivity contribution >= 4 is 6.29 Å². The minimum absolute atomic E-state index is 0.617. The van der Waals surface area contributed by atoms with Crippen molar-refractivity contribution < 1.29 is 9.53 Å². The number of aldehydes is 1. The van der Waals surface area contributed by atoms with Crippen LogP contribution in [0.2, 0.25) is 0 Å². The molecule has 0 amide bonds. The Morgan fingerprint density at radius 3 is 2.50 bits per heavy atom. The van der Waals surface area contributed by atoms with Crippen molar-refractivity contribution in [1.82, 2.24) is 0 Å². The molecule has 22 heavy (non-hydrogen) atoms. The molecule has 2 nitrogen and oxygen atoms in total. The normalized spacial score (nSPS) is 9.68. The molecule has 2 rings (SSSR count). The van der Waals surface area contributed by atoms with Gasteiger partial charge in [0.25, 0.3) is 0 Å². The molecule has 0 saturated heterocycles. The van der Waals surface area contributed by atoms with Gasteiger partial charge in [-0.05, 0) is 36.8 Å². The molecule has 0 fully saturated rings. The van der Waals surface area contributed by atoms with Gasteiger partial charge < -0.3 is 4.74 Å². The summed E-state index contributed by atoms with van der Waals surface area (Å²) in [6.07, 6.45) is 4.30. The highest BCUT2D eigenvalue weighted by Gasteiger charge is 1.96. The molecule has 0 aliphatic heterocycles. The van der Waals surface area contributed by atoms with Crippen LogP contribution in [0, 0.1) is 11.8 Å². The SMILES string of the molecule is CCCCCOc1ccc(C#Cc2ccccc2C=O)cc1. The monoisotopic (exact) mass is 292 g/mol. The topological polar surface area (TPSA) is 26.3 Å². The average Bonchev–Trinajstić information content (AvgIpc) is 2.58. The quantitative estimate of drug-likeness (QED) is 0.446. The molecular formula is C20H20O2. The summed E-state index contributed by atoms with van der Waals surface area (Å²) in [4.78, 5) is 10.9. The van der Waals surface area contributed by atoms with Crippen LogP contribution < -0.4 is 4.74 Å². The smallest absolute Gasteiger partial charge is 0.151 e. The highest BCUT2D eigenvalue weighted by atomic mass is 16.5. The van der Waals surface area contributed by atoms with Crippen molar-refractivity contribution in [3.8, 4) is 17.6 Å². The van der Waals surface area contributed by atoms with E-state index in [2.05, 4.69) is 18.8 Å². The van der Waals surface area contributed by atoms with Gasteiger partial charge >= 0.3 is 0 Å². The number of rotatable bonds is 6. The first-order valence-corrected chi connectivity index (χ1v) is 7.62. The Balaban J connectivity index is 2.00. The number of hydrogen-bond donors (Lipinski definition) is 0. The van der Waals surface area contributed by atoms with Crippen molar-refractivity contribution in [3.05, 3.63) is 65.2 Å². The molecule has 0 spiro atoms. The lowest BCUT2D eigenvalue weighted by molar-refractivity contribution is 0.112. The predicted molar refractivity (Wildman–Crippen MR) is 89.3 cm³/mol.